The Labute approximate surface area is 127 Å². The van der Waals surface area contributed by atoms with Crippen molar-refractivity contribution in [3.63, 3.8) is 0 Å². The average Bonchev–Trinajstić information content (AvgIpc) is 2.69. The average molecular weight is 289 g/mol. The highest BCUT2D eigenvalue weighted by Gasteiger charge is 2.46. The van der Waals surface area contributed by atoms with E-state index in [1.807, 2.05) is 12.1 Å². The van der Waals surface area contributed by atoms with E-state index < -0.39 is 0 Å². The van der Waals surface area contributed by atoms with Gasteiger partial charge in [0.1, 0.15) is 5.75 Å². The van der Waals surface area contributed by atoms with E-state index in [9.17, 15) is 5.11 Å². The second-order valence-electron chi connectivity index (χ2n) is 7.09. The number of benzene rings is 1. The molecule has 116 valence electrons. The molecule has 0 radical (unpaired) electrons. The molecule has 1 heterocycles. The fourth-order valence-corrected chi connectivity index (χ4v) is 4.04. The van der Waals surface area contributed by atoms with Gasteiger partial charge in [-0.3, -0.25) is 0 Å². The van der Waals surface area contributed by atoms with E-state index in [-0.39, 0.29) is 17.4 Å². The second-order valence-corrected chi connectivity index (χ2v) is 7.09. The van der Waals surface area contributed by atoms with Gasteiger partial charge < -0.3 is 14.7 Å². The predicted octanol–water partition coefficient (Wildman–Crippen LogP) is 3.12. The molecule has 2 atom stereocenters. The Morgan fingerprint density at radius 1 is 1.24 bits per heavy atom. The Bertz CT molecular complexity index is 506. The third-order valence-electron chi connectivity index (χ3n) is 5.48. The van der Waals surface area contributed by atoms with Gasteiger partial charge in [-0.2, -0.15) is 0 Å². The number of piperidine rings is 1. The van der Waals surface area contributed by atoms with Gasteiger partial charge in [-0.25, -0.2) is 0 Å². The molecule has 3 heteroatoms. The van der Waals surface area contributed by atoms with Gasteiger partial charge in [0.25, 0.3) is 0 Å². The van der Waals surface area contributed by atoms with Crippen LogP contribution in [0.25, 0.3) is 0 Å². The van der Waals surface area contributed by atoms with Gasteiger partial charge in [-0.1, -0.05) is 26.3 Å². The number of hydrogen-bond donors (Lipinski definition) is 1. The molecule has 0 amide bonds. The Kier molecular flexibility index (Phi) is 3.98. The zero-order valence-corrected chi connectivity index (χ0v) is 13.4. The number of ether oxygens (including phenoxy) is 1. The molecule has 0 aromatic heterocycles. The second kappa shape index (κ2) is 5.62. The SMILES string of the molecule is COc1ccc2c(c1)C(C)(C)[C@@H](CN1CCCCC1)[C@@H]2O. The van der Waals surface area contributed by atoms with Gasteiger partial charge in [-0.05, 0) is 54.6 Å². The topological polar surface area (TPSA) is 32.7 Å². The molecular weight excluding hydrogens is 262 g/mol. The first-order chi connectivity index (χ1) is 10.0. The number of fused-ring (bicyclic) bond motifs is 1. The number of methoxy groups -OCH3 is 1. The Balaban J connectivity index is 1.86. The largest absolute Gasteiger partial charge is 0.497 e. The van der Waals surface area contributed by atoms with E-state index in [1.165, 1.54) is 37.9 Å². The van der Waals surface area contributed by atoms with Crippen LogP contribution in [0, 0.1) is 5.92 Å². The van der Waals surface area contributed by atoms with Crippen molar-refractivity contribution in [3.8, 4) is 5.75 Å². The molecule has 1 aromatic rings. The summed E-state index contributed by atoms with van der Waals surface area (Å²) in [4.78, 5) is 2.53. The van der Waals surface area contributed by atoms with Crippen LogP contribution in [0.2, 0.25) is 0 Å². The van der Waals surface area contributed by atoms with Crippen molar-refractivity contribution in [1.82, 2.24) is 4.90 Å². The lowest BCUT2D eigenvalue weighted by atomic mass is 9.77. The molecule has 1 aromatic carbocycles. The quantitative estimate of drug-likeness (QED) is 0.928. The summed E-state index contributed by atoms with van der Waals surface area (Å²) in [5.74, 6) is 1.14. The first-order valence-corrected chi connectivity index (χ1v) is 8.13. The highest BCUT2D eigenvalue weighted by Crippen LogP contribution is 2.50. The van der Waals surface area contributed by atoms with Gasteiger partial charge in [0, 0.05) is 12.5 Å². The summed E-state index contributed by atoms with van der Waals surface area (Å²) in [7, 11) is 1.70. The Hall–Kier alpha value is -1.06. The summed E-state index contributed by atoms with van der Waals surface area (Å²) < 4.78 is 5.36. The minimum absolute atomic E-state index is 0.0132. The molecule has 1 fully saturated rings. The number of hydrogen-bond acceptors (Lipinski definition) is 3. The number of rotatable bonds is 3. The number of likely N-dealkylation sites (tertiary alicyclic amines) is 1. The molecule has 21 heavy (non-hydrogen) atoms. The summed E-state index contributed by atoms with van der Waals surface area (Å²) in [5.41, 5.74) is 2.32. The fourth-order valence-electron chi connectivity index (χ4n) is 4.04. The maximum Gasteiger partial charge on any atom is 0.119 e. The van der Waals surface area contributed by atoms with Crippen molar-refractivity contribution in [3.05, 3.63) is 29.3 Å². The summed E-state index contributed by atoms with van der Waals surface area (Å²) in [5, 5.41) is 10.8. The predicted molar refractivity (Wildman–Crippen MR) is 84.8 cm³/mol. The zero-order valence-electron chi connectivity index (χ0n) is 13.4. The lowest BCUT2D eigenvalue weighted by Gasteiger charge is -2.36. The van der Waals surface area contributed by atoms with Crippen molar-refractivity contribution in [2.75, 3.05) is 26.7 Å². The number of aliphatic hydroxyl groups is 1. The van der Waals surface area contributed by atoms with Gasteiger partial charge >= 0.3 is 0 Å². The third kappa shape index (κ3) is 2.58. The minimum Gasteiger partial charge on any atom is -0.497 e. The molecule has 0 spiro atoms. The van der Waals surface area contributed by atoms with Crippen LogP contribution >= 0.6 is 0 Å². The van der Waals surface area contributed by atoms with Crippen LogP contribution in [0.4, 0.5) is 0 Å². The van der Waals surface area contributed by atoms with E-state index in [1.54, 1.807) is 7.11 Å². The Morgan fingerprint density at radius 2 is 1.95 bits per heavy atom. The monoisotopic (exact) mass is 289 g/mol. The standard InChI is InChI=1S/C18H27NO2/c1-18(2)15-11-13(21-3)7-8-14(15)17(20)16(18)12-19-9-5-4-6-10-19/h7-8,11,16-17,20H,4-6,9-10,12H2,1-3H3/t16-,17+/m0/s1. The molecule has 3 nitrogen and oxygen atoms in total. The summed E-state index contributed by atoms with van der Waals surface area (Å²) in [6, 6.07) is 6.10. The van der Waals surface area contributed by atoms with Crippen LogP contribution in [0.15, 0.2) is 18.2 Å². The van der Waals surface area contributed by atoms with Crippen LogP contribution in [-0.4, -0.2) is 36.8 Å². The van der Waals surface area contributed by atoms with Crippen LogP contribution in [0.5, 0.6) is 5.75 Å². The molecule has 0 bridgehead atoms. The third-order valence-corrected chi connectivity index (χ3v) is 5.48. The van der Waals surface area contributed by atoms with Crippen LogP contribution in [-0.2, 0) is 5.41 Å². The van der Waals surface area contributed by atoms with Gasteiger partial charge in [0.2, 0.25) is 0 Å². The fraction of sp³-hybridized carbons (Fsp3) is 0.667. The lowest BCUT2D eigenvalue weighted by Crippen LogP contribution is -2.40. The first-order valence-electron chi connectivity index (χ1n) is 8.13. The molecule has 2 aliphatic rings. The van der Waals surface area contributed by atoms with Gasteiger partial charge in [-0.15, -0.1) is 0 Å². The highest BCUT2D eigenvalue weighted by molar-refractivity contribution is 5.46. The molecule has 3 rings (SSSR count). The summed E-state index contributed by atoms with van der Waals surface area (Å²) >= 11 is 0. The first kappa shape index (κ1) is 14.9. The highest BCUT2D eigenvalue weighted by atomic mass is 16.5. The smallest absolute Gasteiger partial charge is 0.119 e. The van der Waals surface area contributed by atoms with Crippen LogP contribution in [0.3, 0.4) is 0 Å². The van der Waals surface area contributed by atoms with Gasteiger partial charge in [0.15, 0.2) is 0 Å². The van der Waals surface area contributed by atoms with E-state index in [2.05, 4.69) is 24.8 Å². The van der Waals surface area contributed by atoms with Gasteiger partial charge in [0.05, 0.1) is 13.2 Å². The van der Waals surface area contributed by atoms with E-state index >= 15 is 0 Å². The maximum absolute atomic E-state index is 10.8. The van der Waals surface area contributed by atoms with Crippen molar-refractivity contribution in [1.29, 1.82) is 0 Å². The molecule has 1 aliphatic carbocycles. The zero-order chi connectivity index (χ0) is 15.0. The summed E-state index contributed by atoms with van der Waals surface area (Å²) in [6.45, 7) is 7.87. The van der Waals surface area contributed by atoms with Crippen molar-refractivity contribution < 1.29 is 9.84 Å². The van der Waals surface area contributed by atoms with Crippen molar-refractivity contribution in [2.45, 2.75) is 44.6 Å². The van der Waals surface area contributed by atoms with E-state index in [0.29, 0.717) is 0 Å². The number of nitrogens with zero attached hydrogens (tertiary/aromatic N) is 1. The summed E-state index contributed by atoms with van der Waals surface area (Å²) in [6.07, 6.45) is 3.58. The van der Waals surface area contributed by atoms with E-state index in [0.717, 1.165) is 17.9 Å². The van der Waals surface area contributed by atoms with Crippen molar-refractivity contribution >= 4 is 0 Å². The number of aliphatic hydroxyl groups excluding tert-OH is 1. The lowest BCUT2D eigenvalue weighted by molar-refractivity contribution is 0.0541. The normalized spacial score (nSPS) is 28.4. The minimum atomic E-state index is -0.358. The maximum atomic E-state index is 10.8. The van der Waals surface area contributed by atoms with E-state index in [4.69, 9.17) is 4.74 Å². The molecule has 1 N–H and O–H groups in total. The van der Waals surface area contributed by atoms with Crippen LogP contribution < -0.4 is 4.74 Å². The molecule has 1 saturated heterocycles. The molecular formula is C18H27NO2. The molecule has 1 aliphatic heterocycles. The molecule has 0 saturated carbocycles. The Morgan fingerprint density at radius 3 is 2.62 bits per heavy atom. The molecule has 0 unspecified atom stereocenters. The van der Waals surface area contributed by atoms with Crippen molar-refractivity contribution in [2.24, 2.45) is 5.92 Å². The van der Waals surface area contributed by atoms with Crippen LogP contribution in [0.1, 0.15) is 50.3 Å².